The molecule has 0 radical (unpaired) electrons. The minimum atomic E-state index is 0.0847. The van der Waals surface area contributed by atoms with E-state index >= 15 is 0 Å². The molecule has 0 N–H and O–H groups in total. The van der Waals surface area contributed by atoms with Crippen LogP contribution in [0.15, 0.2) is 35.7 Å². The highest BCUT2D eigenvalue weighted by Gasteiger charge is 2.23. The summed E-state index contributed by atoms with van der Waals surface area (Å²) in [6, 6.07) is 9.85. The molecule has 124 valence electrons. The molecule has 0 unspecified atom stereocenters. The molecule has 0 aliphatic carbocycles. The van der Waals surface area contributed by atoms with Crippen molar-refractivity contribution >= 4 is 23.2 Å². The molecular weight excluding hydrogens is 320 g/mol. The monoisotopic (exact) mass is 340 g/mol. The van der Waals surface area contributed by atoms with Crippen LogP contribution in [-0.2, 0) is 24.3 Å². The van der Waals surface area contributed by atoms with Gasteiger partial charge in [-0.3, -0.25) is 9.59 Å². The lowest BCUT2D eigenvalue weighted by molar-refractivity contribution is -0.128. The Morgan fingerprint density at radius 3 is 2.92 bits per heavy atom. The van der Waals surface area contributed by atoms with Gasteiger partial charge < -0.3 is 9.80 Å². The smallest absolute Gasteiger partial charge is 0.254 e. The van der Waals surface area contributed by atoms with E-state index in [0.29, 0.717) is 19.5 Å². The third-order valence-corrected chi connectivity index (χ3v) is 5.84. The molecule has 0 atom stereocenters. The number of benzene rings is 1. The van der Waals surface area contributed by atoms with Gasteiger partial charge in [-0.1, -0.05) is 12.1 Å². The molecule has 24 heavy (non-hydrogen) atoms. The molecule has 0 bridgehead atoms. The average molecular weight is 340 g/mol. The van der Waals surface area contributed by atoms with Gasteiger partial charge in [0.25, 0.3) is 5.91 Å². The predicted octanol–water partition coefficient (Wildman–Crippen LogP) is 3.07. The third-order valence-electron chi connectivity index (χ3n) is 4.81. The fraction of sp³-hybridized carbons (Fsp3) is 0.368. The van der Waals surface area contributed by atoms with E-state index in [1.807, 2.05) is 34.1 Å². The average Bonchev–Trinajstić information content (AvgIpc) is 3.23. The van der Waals surface area contributed by atoms with Crippen LogP contribution in [0, 0.1) is 0 Å². The van der Waals surface area contributed by atoms with Crippen LogP contribution in [0.4, 0.5) is 0 Å². The van der Waals surface area contributed by atoms with E-state index in [0.717, 1.165) is 37.1 Å². The normalized spacial score (nSPS) is 17.2. The molecule has 4 nitrogen and oxygen atoms in total. The topological polar surface area (TPSA) is 40.6 Å². The van der Waals surface area contributed by atoms with Gasteiger partial charge >= 0.3 is 0 Å². The van der Waals surface area contributed by atoms with Gasteiger partial charge in [-0.25, -0.2) is 0 Å². The minimum absolute atomic E-state index is 0.0847. The molecule has 2 aromatic rings. The number of carbonyl (C=O) groups is 2. The van der Waals surface area contributed by atoms with Crippen LogP contribution >= 0.6 is 11.3 Å². The molecule has 5 heteroatoms. The summed E-state index contributed by atoms with van der Waals surface area (Å²) in [4.78, 5) is 29.8. The Labute approximate surface area is 145 Å². The SMILES string of the molecule is O=C1CCCN1Cc1cccc(C(=O)N2CCc3sccc3C2)c1. The Morgan fingerprint density at radius 2 is 2.08 bits per heavy atom. The molecule has 4 rings (SSSR count). The van der Waals surface area contributed by atoms with Crippen LogP contribution in [0.3, 0.4) is 0 Å². The van der Waals surface area contributed by atoms with Crippen LogP contribution in [0.2, 0.25) is 0 Å². The number of likely N-dealkylation sites (tertiary alicyclic amines) is 1. The van der Waals surface area contributed by atoms with Gasteiger partial charge in [0, 0.05) is 43.0 Å². The molecule has 1 aromatic carbocycles. The highest BCUT2D eigenvalue weighted by atomic mass is 32.1. The van der Waals surface area contributed by atoms with Crippen LogP contribution in [0.1, 0.15) is 39.2 Å². The Morgan fingerprint density at radius 1 is 1.17 bits per heavy atom. The van der Waals surface area contributed by atoms with Crippen molar-refractivity contribution in [2.75, 3.05) is 13.1 Å². The summed E-state index contributed by atoms with van der Waals surface area (Å²) >= 11 is 1.78. The predicted molar refractivity (Wildman–Crippen MR) is 93.9 cm³/mol. The fourth-order valence-electron chi connectivity index (χ4n) is 3.50. The number of fused-ring (bicyclic) bond motifs is 1. The summed E-state index contributed by atoms with van der Waals surface area (Å²) in [5, 5.41) is 2.10. The van der Waals surface area contributed by atoms with Crippen molar-refractivity contribution in [3.05, 3.63) is 57.3 Å². The van der Waals surface area contributed by atoms with E-state index < -0.39 is 0 Å². The quantitative estimate of drug-likeness (QED) is 0.861. The van der Waals surface area contributed by atoms with Crippen molar-refractivity contribution in [3.8, 4) is 0 Å². The number of amides is 2. The van der Waals surface area contributed by atoms with Crippen LogP contribution in [-0.4, -0.2) is 34.7 Å². The molecule has 2 amide bonds. The lowest BCUT2D eigenvalue weighted by atomic mass is 10.1. The van der Waals surface area contributed by atoms with Crippen LogP contribution in [0.5, 0.6) is 0 Å². The van der Waals surface area contributed by atoms with Crippen molar-refractivity contribution < 1.29 is 9.59 Å². The van der Waals surface area contributed by atoms with Gasteiger partial charge in [0.05, 0.1) is 0 Å². The Kier molecular flexibility index (Phi) is 4.10. The summed E-state index contributed by atoms with van der Waals surface area (Å²) in [5.74, 6) is 0.300. The van der Waals surface area contributed by atoms with E-state index in [2.05, 4.69) is 11.4 Å². The van der Waals surface area contributed by atoms with Crippen molar-refractivity contribution in [1.82, 2.24) is 9.80 Å². The number of thiophene rings is 1. The number of carbonyl (C=O) groups excluding carboxylic acids is 2. The van der Waals surface area contributed by atoms with Crippen molar-refractivity contribution in [1.29, 1.82) is 0 Å². The van der Waals surface area contributed by atoms with Crippen molar-refractivity contribution in [2.24, 2.45) is 0 Å². The molecule has 3 heterocycles. The molecule has 2 aliphatic rings. The molecule has 1 aromatic heterocycles. The van der Waals surface area contributed by atoms with Gasteiger partial charge in [-0.2, -0.15) is 0 Å². The second kappa shape index (κ2) is 6.40. The lowest BCUT2D eigenvalue weighted by Crippen LogP contribution is -2.35. The summed E-state index contributed by atoms with van der Waals surface area (Å²) in [6.45, 7) is 2.91. The van der Waals surface area contributed by atoms with Crippen LogP contribution in [0.25, 0.3) is 0 Å². The summed E-state index contributed by atoms with van der Waals surface area (Å²) in [6.07, 6.45) is 2.53. The fourth-order valence-corrected chi connectivity index (χ4v) is 4.39. The largest absolute Gasteiger partial charge is 0.338 e. The maximum atomic E-state index is 12.8. The van der Waals surface area contributed by atoms with E-state index in [1.165, 1.54) is 10.4 Å². The Balaban J connectivity index is 1.49. The summed E-state index contributed by atoms with van der Waals surface area (Å²) < 4.78 is 0. The number of nitrogens with zero attached hydrogens (tertiary/aromatic N) is 2. The summed E-state index contributed by atoms with van der Waals surface area (Å²) in [7, 11) is 0. The zero-order valence-electron chi connectivity index (χ0n) is 13.5. The van der Waals surface area contributed by atoms with Gasteiger partial charge in [-0.05, 0) is 47.5 Å². The van der Waals surface area contributed by atoms with E-state index in [-0.39, 0.29) is 11.8 Å². The second-order valence-corrected chi connectivity index (χ2v) is 7.47. The molecule has 1 saturated heterocycles. The van der Waals surface area contributed by atoms with Gasteiger partial charge in [0.2, 0.25) is 5.91 Å². The third kappa shape index (κ3) is 2.96. The first-order valence-corrected chi connectivity index (χ1v) is 9.30. The number of hydrogen-bond acceptors (Lipinski definition) is 3. The van der Waals surface area contributed by atoms with Crippen LogP contribution < -0.4 is 0 Å². The standard InChI is InChI=1S/C19H20N2O2S/c22-18-5-2-8-20(18)12-14-3-1-4-15(11-14)19(23)21-9-6-17-16(13-21)7-10-24-17/h1,3-4,7,10-11H,2,5-6,8-9,12-13H2. The first-order chi connectivity index (χ1) is 11.7. The minimum Gasteiger partial charge on any atom is -0.338 e. The molecule has 1 fully saturated rings. The van der Waals surface area contributed by atoms with Crippen molar-refractivity contribution in [3.63, 3.8) is 0 Å². The van der Waals surface area contributed by atoms with E-state index in [1.54, 1.807) is 11.3 Å². The Bertz CT molecular complexity index is 783. The van der Waals surface area contributed by atoms with Crippen molar-refractivity contribution in [2.45, 2.75) is 32.4 Å². The molecule has 2 aliphatic heterocycles. The maximum absolute atomic E-state index is 12.8. The van der Waals surface area contributed by atoms with E-state index in [4.69, 9.17) is 0 Å². The zero-order chi connectivity index (χ0) is 16.5. The Hall–Kier alpha value is -2.14. The molecular formula is C19H20N2O2S. The maximum Gasteiger partial charge on any atom is 0.254 e. The highest BCUT2D eigenvalue weighted by molar-refractivity contribution is 7.10. The first kappa shape index (κ1) is 15.4. The highest BCUT2D eigenvalue weighted by Crippen LogP contribution is 2.25. The van der Waals surface area contributed by atoms with Gasteiger partial charge in [-0.15, -0.1) is 11.3 Å². The van der Waals surface area contributed by atoms with Gasteiger partial charge in [0.15, 0.2) is 0 Å². The lowest BCUT2D eigenvalue weighted by Gasteiger charge is -2.27. The van der Waals surface area contributed by atoms with E-state index in [9.17, 15) is 9.59 Å². The van der Waals surface area contributed by atoms with Gasteiger partial charge in [0.1, 0.15) is 0 Å². The zero-order valence-corrected chi connectivity index (χ0v) is 14.3. The molecule has 0 saturated carbocycles. The molecule has 0 spiro atoms. The number of hydrogen-bond donors (Lipinski definition) is 0. The second-order valence-electron chi connectivity index (χ2n) is 6.46. The number of rotatable bonds is 3. The first-order valence-electron chi connectivity index (χ1n) is 8.42. The summed E-state index contributed by atoms with van der Waals surface area (Å²) in [5.41, 5.74) is 3.03.